The summed E-state index contributed by atoms with van der Waals surface area (Å²) in [5.74, 6) is 2.04. The van der Waals surface area contributed by atoms with Crippen LogP contribution in [0.4, 0.5) is 0 Å². The van der Waals surface area contributed by atoms with Gasteiger partial charge in [0.25, 0.3) is 0 Å². The first-order chi connectivity index (χ1) is 45.4. The van der Waals surface area contributed by atoms with Crippen LogP contribution in [-0.4, -0.2) is 38.4 Å². The maximum Gasteiger partial charge on any atom is 0.312 e. The van der Waals surface area contributed by atoms with Gasteiger partial charge in [-0.2, -0.15) is 0 Å². The Bertz CT molecular complexity index is 1450. The van der Waals surface area contributed by atoms with Crippen molar-refractivity contribution >= 4 is 11.9 Å². The van der Waals surface area contributed by atoms with Crippen molar-refractivity contribution in [3.8, 4) is 0 Å². The van der Waals surface area contributed by atoms with Crippen molar-refractivity contribution in [1.29, 1.82) is 0 Å². The van der Waals surface area contributed by atoms with Crippen molar-refractivity contribution in [3.05, 3.63) is 0 Å². The molecule has 0 aromatic heterocycles. The van der Waals surface area contributed by atoms with Gasteiger partial charge in [0.05, 0.1) is 19.1 Å². The summed E-state index contributed by atoms with van der Waals surface area (Å²) in [4.78, 5) is 25.0. The quantitative estimate of drug-likeness (QED) is 0.0449. The van der Waals surface area contributed by atoms with Crippen LogP contribution in [0.15, 0.2) is 0 Å². The van der Waals surface area contributed by atoms with Crippen LogP contribution in [0.2, 0.25) is 0 Å². The Balaban J connectivity index is 1.85. The van der Waals surface area contributed by atoms with E-state index in [1.807, 2.05) is 7.11 Å². The zero-order chi connectivity index (χ0) is 66.4. The fourth-order valence-electron chi connectivity index (χ4n) is 15.7. The number of hydrogen-bond acceptors (Lipinski definition) is 5. The molecule has 0 spiro atoms. The summed E-state index contributed by atoms with van der Waals surface area (Å²) in [7, 11) is 3.44. The number of esters is 2. The molecule has 0 N–H and O–H groups in total. The molecule has 1 aliphatic carbocycles. The van der Waals surface area contributed by atoms with Gasteiger partial charge in [0.1, 0.15) is 6.10 Å². The minimum atomic E-state index is -0.361. The van der Waals surface area contributed by atoms with Crippen molar-refractivity contribution in [2.45, 2.75) is 509 Å². The van der Waals surface area contributed by atoms with Crippen LogP contribution in [0.3, 0.4) is 0 Å². The third-order valence-electron chi connectivity index (χ3n) is 22.3. The average Bonchev–Trinajstić information content (AvgIpc) is 1.93. The molecule has 0 radical (unpaired) electrons. The van der Waals surface area contributed by atoms with Gasteiger partial charge in [-0.1, -0.05) is 451 Å². The average molecular weight is 1300 g/mol. The van der Waals surface area contributed by atoms with Gasteiger partial charge in [0.2, 0.25) is 0 Å². The number of hydrogen-bond donors (Lipinski definition) is 0. The van der Waals surface area contributed by atoms with Crippen LogP contribution in [-0.2, 0) is 23.8 Å². The topological polar surface area (TPSA) is 61.8 Å². The Morgan fingerprint density at radius 3 is 0.750 bits per heavy atom. The Hall–Kier alpha value is -1.10. The number of carbonyl (C=O) groups is 2. The van der Waals surface area contributed by atoms with Crippen LogP contribution in [0, 0.1) is 23.7 Å². The fourth-order valence-corrected chi connectivity index (χ4v) is 15.7. The second-order valence-corrected chi connectivity index (χ2v) is 31.1. The fraction of sp³-hybridized carbons (Fsp3) is 0.977. The summed E-state index contributed by atoms with van der Waals surface area (Å²) < 4.78 is 17.0. The molecule has 92 heavy (non-hydrogen) atoms. The summed E-state index contributed by atoms with van der Waals surface area (Å²) in [5.41, 5.74) is 0. The van der Waals surface area contributed by atoms with Crippen molar-refractivity contribution in [2.24, 2.45) is 23.7 Å². The molecule has 6 atom stereocenters. The van der Waals surface area contributed by atoms with Gasteiger partial charge in [-0.15, -0.1) is 0 Å². The van der Waals surface area contributed by atoms with Crippen molar-refractivity contribution in [3.63, 3.8) is 0 Å². The number of carbonyl (C=O) groups excluding carboxylic acids is 2. The molecule has 0 amide bonds. The van der Waals surface area contributed by atoms with E-state index in [2.05, 4.69) is 20.8 Å². The first-order valence-electron chi connectivity index (χ1n) is 43.2. The van der Waals surface area contributed by atoms with Crippen LogP contribution in [0.5, 0.6) is 0 Å². The molecule has 0 heterocycles. The van der Waals surface area contributed by atoms with E-state index in [0.29, 0.717) is 12.0 Å². The molecule has 0 aliphatic heterocycles. The van der Waals surface area contributed by atoms with Gasteiger partial charge in [-0.3, -0.25) is 9.59 Å². The lowest BCUT2D eigenvalue weighted by molar-refractivity contribution is -0.160. The monoisotopic (exact) mass is 1300 g/mol. The molecule has 0 bridgehead atoms. The number of methoxy groups -OCH3 is 2. The zero-order valence-corrected chi connectivity index (χ0v) is 64.1. The van der Waals surface area contributed by atoms with E-state index in [1.165, 1.54) is 438 Å². The van der Waals surface area contributed by atoms with E-state index in [1.54, 1.807) is 6.42 Å². The van der Waals surface area contributed by atoms with Crippen LogP contribution >= 0.6 is 0 Å². The highest BCUT2D eigenvalue weighted by Crippen LogP contribution is 2.46. The van der Waals surface area contributed by atoms with Crippen LogP contribution in [0.25, 0.3) is 0 Å². The van der Waals surface area contributed by atoms with Gasteiger partial charge < -0.3 is 14.2 Å². The lowest BCUT2D eigenvalue weighted by atomic mass is 9.91. The van der Waals surface area contributed by atoms with Crippen molar-refractivity contribution in [2.75, 3.05) is 14.2 Å². The number of unbranched alkanes of at least 4 members (excludes halogenated alkanes) is 62. The lowest BCUT2D eigenvalue weighted by Gasteiger charge is -2.25. The lowest BCUT2D eigenvalue weighted by Crippen LogP contribution is -2.33. The molecule has 548 valence electrons. The normalized spacial score (nSPS) is 15.3. The van der Waals surface area contributed by atoms with E-state index in [9.17, 15) is 9.59 Å². The van der Waals surface area contributed by atoms with Gasteiger partial charge in [0.15, 0.2) is 0 Å². The zero-order valence-electron chi connectivity index (χ0n) is 64.1. The minimum absolute atomic E-state index is 0.211. The van der Waals surface area contributed by atoms with Gasteiger partial charge in [-0.25, -0.2) is 0 Å². The molecular formula is C87H170O5. The molecule has 5 nitrogen and oxygen atoms in total. The predicted octanol–water partition coefficient (Wildman–Crippen LogP) is 30.1. The highest BCUT2D eigenvalue weighted by molar-refractivity contribution is 5.74. The summed E-state index contributed by atoms with van der Waals surface area (Å²) in [6.07, 6.45) is 101. The molecule has 1 fully saturated rings. The standard InChI is InChI=1S/C87H170O5/c1-7-9-11-13-15-17-19-21-23-25-26-27-28-29-33-40-46-52-58-64-70-76-84(87(89)91-6)86(92-81(4)88)78-72-66-60-54-48-42-34-30-32-38-44-50-56-62-68-74-82-79-83(82)75-69-63-57-51-45-39-35-36-41-47-53-59-65-71-77-85(90-5)80(3)73-67-61-55-49-43-37-31-24-22-20-18-16-14-12-10-8-2/h80,82-86H,7-79H2,1-6H3/t80-,82+,83-,84-,85-,86-/m1/s1. The Morgan fingerprint density at radius 2 is 0.511 bits per heavy atom. The maximum absolute atomic E-state index is 12.9. The summed E-state index contributed by atoms with van der Waals surface area (Å²) in [6, 6.07) is 0. The minimum Gasteiger partial charge on any atom is -0.469 e. The van der Waals surface area contributed by atoms with Crippen LogP contribution in [0.1, 0.15) is 496 Å². The molecule has 1 rings (SSSR count). The van der Waals surface area contributed by atoms with Crippen LogP contribution < -0.4 is 0 Å². The van der Waals surface area contributed by atoms with E-state index in [4.69, 9.17) is 14.2 Å². The molecule has 1 aliphatic rings. The molecule has 1 saturated carbocycles. The molecule has 0 unspecified atom stereocenters. The largest absolute Gasteiger partial charge is 0.469 e. The van der Waals surface area contributed by atoms with Gasteiger partial charge in [-0.05, 0) is 56.3 Å². The Kier molecular flexibility index (Phi) is 70.2. The highest BCUT2D eigenvalue weighted by Gasteiger charge is 2.35. The molecule has 0 aromatic carbocycles. The smallest absolute Gasteiger partial charge is 0.312 e. The molecule has 0 saturated heterocycles. The second kappa shape index (κ2) is 72.6. The predicted molar refractivity (Wildman–Crippen MR) is 406 cm³/mol. The molecule has 5 heteroatoms. The molecular weight excluding hydrogens is 1120 g/mol. The van der Waals surface area contributed by atoms with Gasteiger partial charge >= 0.3 is 11.9 Å². The third kappa shape index (κ3) is 62.4. The van der Waals surface area contributed by atoms with E-state index in [-0.39, 0.29) is 24.0 Å². The highest BCUT2D eigenvalue weighted by atomic mass is 16.6. The number of rotatable bonds is 79. The Labute approximate surface area is 579 Å². The maximum atomic E-state index is 12.9. The third-order valence-corrected chi connectivity index (χ3v) is 22.3. The second-order valence-electron chi connectivity index (χ2n) is 31.1. The first kappa shape index (κ1) is 88.9. The molecule has 0 aromatic rings. The van der Waals surface area contributed by atoms with E-state index in [0.717, 1.165) is 50.4 Å². The van der Waals surface area contributed by atoms with Crippen molar-refractivity contribution < 1.29 is 23.8 Å². The van der Waals surface area contributed by atoms with Crippen molar-refractivity contribution in [1.82, 2.24) is 0 Å². The number of ether oxygens (including phenoxy) is 3. The van der Waals surface area contributed by atoms with E-state index < -0.39 is 0 Å². The first-order valence-corrected chi connectivity index (χ1v) is 43.2. The Morgan fingerprint density at radius 1 is 0.293 bits per heavy atom. The van der Waals surface area contributed by atoms with E-state index >= 15 is 0 Å². The summed E-state index contributed by atoms with van der Waals surface area (Å²) >= 11 is 0. The summed E-state index contributed by atoms with van der Waals surface area (Å²) in [6.45, 7) is 8.54. The summed E-state index contributed by atoms with van der Waals surface area (Å²) in [5, 5.41) is 0. The van der Waals surface area contributed by atoms with Gasteiger partial charge in [0, 0.05) is 14.0 Å². The SMILES string of the molecule is CCCCCCCCCCCCCCCCCCCCCCC[C@@H](C(=O)OC)[C@@H](CCCCCCCCCCCCCCCCC[C@H]1C[C@H]1CCCCCCCCCCCCCCCC[C@@H](OC)[C@H](C)CCCCCCCCCCCCCCCCCC)OC(C)=O.